The lowest BCUT2D eigenvalue weighted by atomic mass is 10.0. The second kappa shape index (κ2) is 10.2. The van der Waals surface area contributed by atoms with E-state index in [9.17, 15) is 9.59 Å². The normalized spacial score (nSPS) is 13.5. The van der Waals surface area contributed by atoms with Crippen LogP contribution in [0.25, 0.3) is 5.65 Å². The lowest BCUT2D eigenvalue weighted by Gasteiger charge is -2.30. The van der Waals surface area contributed by atoms with Gasteiger partial charge in [-0.25, -0.2) is 0 Å². The highest BCUT2D eigenvalue weighted by molar-refractivity contribution is 6.30. The number of hydrogen-bond acceptors (Lipinski definition) is 5. The van der Waals surface area contributed by atoms with Crippen molar-refractivity contribution in [3.63, 3.8) is 0 Å². The number of methoxy groups -OCH3 is 1. The maximum absolute atomic E-state index is 13.5. The zero-order chi connectivity index (χ0) is 25.2. The number of benzene rings is 2. The van der Waals surface area contributed by atoms with Crippen LogP contribution in [0.3, 0.4) is 0 Å². The van der Waals surface area contributed by atoms with Crippen LogP contribution in [0, 0.1) is 0 Å². The number of ether oxygens (including phenoxy) is 1. The first-order valence-corrected chi connectivity index (χ1v) is 12.4. The van der Waals surface area contributed by atoms with Gasteiger partial charge in [0.25, 0.3) is 11.5 Å². The third-order valence-electron chi connectivity index (χ3n) is 6.66. The van der Waals surface area contributed by atoms with Gasteiger partial charge in [0.1, 0.15) is 11.3 Å². The van der Waals surface area contributed by atoms with Gasteiger partial charge in [-0.2, -0.15) is 9.61 Å². The lowest BCUT2D eigenvalue weighted by molar-refractivity contribution is 0.0952. The van der Waals surface area contributed by atoms with Gasteiger partial charge >= 0.3 is 0 Å². The van der Waals surface area contributed by atoms with Crippen molar-refractivity contribution in [2.75, 3.05) is 13.7 Å². The van der Waals surface area contributed by atoms with Crippen LogP contribution in [0.2, 0.25) is 5.02 Å². The van der Waals surface area contributed by atoms with E-state index in [1.165, 1.54) is 10.7 Å². The quantitative estimate of drug-likeness (QED) is 0.414. The maximum Gasteiger partial charge on any atom is 0.279 e. The zero-order valence-electron chi connectivity index (χ0n) is 20.3. The summed E-state index contributed by atoms with van der Waals surface area (Å²) in [6.45, 7) is 5.11. The number of aryl methyl sites for hydroxylation is 1. The highest BCUT2D eigenvalue weighted by Crippen LogP contribution is 2.23. The molecule has 0 saturated carbocycles. The number of rotatable bonds is 7. The number of fused-ring (bicyclic) bond motifs is 2. The SMILES string of the molecule is CCn1c2c(c(=O)n3ncc(C(=O)NCc4ccc(Cl)cc4)c13)CN(Cc1ccc(OC)cc1)CC2. The van der Waals surface area contributed by atoms with Crippen LogP contribution in [0.1, 0.15) is 39.7 Å². The van der Waals surface area contributed by atoms with Crippen LogP contribution in [0.5, 0.6) is 5.75 Å². The number of aromatic nitrogens is 3. The van der Waals surface area contributed by atoms with Crippen molar-refractivity contribution in [1.82, 2.24) is 24.4 Å². The van der Waals surface area contributed by atoms with Crippen molar-refractivity contribution >= 4 is 23.2 Å². The average Bonchev–Trinajstić information content (AvgIpc) is 3.35. The predicted molar refractivity (Wildman–Crippen MR) is 139 cm³/mol. The van der Waals surface area contributed by atoms with Crippen LogP contribution in [-0.4, -0.2) is 38.6 Å². The van der Waals surface area contributed by atoms with Crippen molar-refractivity contribution in [3.05, 3.63) is 98.1 Å². The summed E-state index contributed by atoms with van der Waals surface area (Å²) in [4.78, 5) is 28.8. The van der Waals surface area contributed by atoms with E-state index < -0.39 is 0 Å². The van der Waals surface area contributed by atoms with Crippen LogP contribution in [0.4, 0.5) is 0 Å². The molecule has 8 nitrogen and oxygen atoms in total. The monoisotopic (exact) mass is 505 g/mol. The number of halogens is 1. The Labute approximate surface area is 214 Å². The summed E-state index contributed by atoms with van der Waals surface area (Å²) in [7, 11) is 1.65. The Kier molecular flexibility index (Phi) is 6.80. The third-order valence-corrected chi connectivity index (χ3v) is 6.92. The van der Waals surface area contributed by atoms with Gasteiger partial charge < -0.3 is 14.6 Å². The molecule has 2 aromatic heterocycles. The first-order valence-electron chi connectivity index (χ1n) is 12.0. The summed E-state index contributed by atoms with van der Waals surface area (Å²) in [5.74, 6) is 0.557. The minimum absolute atomic E-state index is 0.166. The van der Waals surface area contributed by atoms with Gasteiger partial charge in [-0.15, -0.1) is 0 Å². The van der Waals surface area contributed by atoms with Gasteiger partial charge in [0, 0.05) is 49.9 Å². The van der Waals surface area contributed by atoms with Crippen LogP contribution < -0.4 is 15.6 Å². The molecule has 36 heavy (non-hydrogen) atoms. The van der Waals surface area contributed by atoms with E-state index in [2.05, 4.69) is 19.9 Å². The Hall–Kier alpha value is -3.62. The second-order valence-electron chi connectivity index (χ2n) is 8.89. The van der Waals surface area contributed by atoms with Crippen molar-refractivity contribution < 1.29 is 9.53 Å². The molecular weight excluding hydrogens is 478 g/mol. The molecule has 9 heteroatoms. The summed E-state index contributed by atoms with van der Waals surface area (Å²) in [5.41, 5.74) is 4.58. The van der Waals surface area contributed by atoms with Crippen molar-refractivity contribution in [1.29, 1.82) is 0 Å². The van der Waals surface area contributed by atoms with Gasteiger partial charge in [-0.05, 0) is 42.3 Å². The van der Waals surface area contributed by atoms with Gasteiger partial charge in [-0.1, -0.05) is 35.9 Å². The molecule has 0 fully saturated rings. The molecule has 2 aromatic carbocycles. The van der Waals surface area contributed by atoms with E-state index in [-0.39, 0.29) is 11.5 Å². The third kappa shape index (κ3) is 4.62. The molecule has 0 spiro atoms. The van der Waals surface area contributed by atoms with E-state index in [1.807, 2.05) is 43.3 Å². The lowest BCUT2D eigenvalue weighted by Crippen LogP contribution is -2.38. The Bertz CT molecular complexity index is 1460. The highest BCUT2D eigenvalue weighted by Gasteiger charge is 2.27. The fourth-order valence-electron chi connectivity index (χ4n) is 4.81. The summed E-state index contributed by atoms with van der Waals surface area (Å²) in [5, 5.41) is 7.91. The zero-order valence-corrected chi connectivity index (χ0v) is 21.1. The average molecular weight is 506 g/mol. The number of amides is 1. The highest BCUT2D eigenvalue weighted by atomic mass is 35.5. The molecule has 1 aliphatic rings. The molecule has 0 saturated heterocycles. The Morgan fingerprint density at radius 3 is 2.53 bits per heavy atom. The molecule has 0 radical (unpaired) electrons. The smallest absolute Gasteiger partial charge is 0.279 e. The fraction of sp³-hybridized carbons (Fsp3) is 0.296. The van der Waals surface area contributed by atoms with Crippen molar-refractivity contribution in [2.24, 2.45) is 0 Å². The molecule has 0 aliphatic carbocycles. The van der Waals surface area contributed by atoms with E-state index in [4.69, 9.17) is 16.3 Å². The van der Waals surface area contributed by atoms with Crippen LogP contribution in [0.15, 0.2) is 59.5 Å². The van der Waals surface area contributed by atoms with E-state index in [0.717, 1.165) is 47.6 Å². The van der Waals surface area contributed by atoms with Crippen LogP contribution in [-0.2, 0) is 32.6 Å². The molecule has 0 unspecified atom stereocenters. The first-order chi connectivity index (χ1) is 17.5. The minimum Gasteiger partial charge on any atom is -0.497 e. The van der Waals surface area contributed by atoms with Crippen molar-refractivity contribution in [2.45, 2.75) is 39.5 Å². The van der Waals surface area contributed by atoms with Gasteiger partial charge in [-0.3, -0.25) is 14.5 Å². The molecule has 5 rings (SSSR count). The first kappa shape index (κ1) is 24.1. The summed E-state index contributed by atoms with van der Waals surface area (Å²) in [6, 6.07) is 15.3. The number of hydrogen-bond donors (Lipinski definition) is 1. The van der Waals surface area contributed by atoms with Gasteiger partial charge in [0.15, 0.2) is 5.65 Å². The Morgan fingerprint density at radius 1 is 1.11 bits per heavy atom. The van der Waals surface area contributed by atoms with Gasteiger partial charge in [0.05, 0.1) is 18.9 Å². The molecule has 186 valence electrons. The molecule has 0 bridgehead atoms. The second-order valence-corrected chi connectivity index (χ2v) is 9.32. The minimum atomic E-state index is -0.265. The molecule has 0 atom stereocenters. The van der Waals surface area contributed by atoms with Crippen molar-refractivity contribution in [3.8, 4) is 5.75 Å². The molecule has 1 N–H and O–H groups in total. The number of nitrogens with one attached hydrogen (secondary N) is 1. The molecule has 3 heterocycles. The number of nitrogens with zero attached hydrogens (tertiary/aromatic N) is 4. The van der Waals surface area contributed by atoms with Gasteiger partial charge in [0.2, 0.25) is 0 Å². The van der Waals surface area contributed by atoms with E-state index in [0.29, 0.717) is 35.9 Å². The summed E-state index contributed by atoms with van der Waals surface area (Å²) < 4.78 is 8.68. The van der Waals surface area contributed by atoms with E-state index >= 15 is 0 Å². The standard InChI is InChI=1S/C27H28ClN5O3/c1-3-32-24-12-13-31(16-19-6-10-21(36-2)11-7-19)17-23(24)27(35)33-26(32)22(15-30-33)25(34)29-14-18-4-8-20(28)9-5-18/h4-11,15H,3,12-14,16-17H2,1-2H3,(H,29,34). The maximum atomic E-state index is 13.5. The summed E-state index contributed by atoms with van der Waals surface area (Å²) in [6.07, 6.45) is 2.21. The number of carbonyl (C=O) groups is 1. The molecule has 1 aliphatic heterocycles. The Balaban J connectivity index is 1.41. The van der Waals surface area contributed by atoms with E-state index in [1.54, 1.807) is 19.2 Å². The number of carbonyl (C=O) groups excluding carboxylic acids is 1. The predicted octanol–water partition coefficient (Wildman–Crippen LogP) is 3.67. The molecular formula is C27H28ClN5O3. The fourth-order valence-corrected chi connectivity index (χ4v) is 4.93. The van der Waals surface area contributed by atoms with Crippen LogP contribution >= 0.6 is 11.6 Å². The topological polar surface area (TPSA) is 80.9 Å². The molecule has 1 amide bonds. The molecule has 4 aromatic rings. The Morgan fingerprint density at radius 2 is 1.83 bits per heavy atom. The largest absolute Gasteiger partial charge is 0.497 e. The summed E-state index contributed by atoms with van der Waals surface area (Å²) >= 11 is 5.95.